The average Bonchev–Trinajstić information content (AvgIpc) is 2.09. The van der Waals surface area contributed by atoms with E-state index in [-0.39, 0.29) is 0 Å². The molecule has 1 rings (SSSR count). The van der Waals surface area contributed by atoms with Crippen LogP contribution in [0.15, 0.2) is 22.7 Å². The molecule has 0 aliphatic carbocycles. The zero-order valence-corrected chi connectivity index (χ0v) is 10.5. The van der Waals surface area contributed by atoms with E-state index in [2.05, 4.69) is 60.0 Å². The smallest absolute Gasteiger partial charge is 0.0467 e. The molecular weight excluding hydrogens is 240 g/mol. The van der Waals surface area contributed by atoms with Gasteiger partial charge in [0.2, 0.25) is 0 Å². The Hall–Kier alpha value is -0.380. The van der Waals surface area contributed by atoms with E-state index in [1.165, 1.54) is 11.1 Å². The van der Waals surface area contributed by atoms with Gasteiger partial charge in [0.15, 0.2) is 0 Å². The van der Waals surface area contributed by atoms with Crippen molar-refractivity contribution in [2.24, 2.45) is 5.73 Å². The lowest BCUT2D eigenvalue weighted by Gasteiger charge is -2.24. The number of hydrogen-bond donors (Lipinski definition) is 1. The second-order valence-corrected chi connectivity index (χ2v) is 4.63. The second kappa shape index (κ2) is 4.91. The van der Waals surface area contributed by atoms with E-state index in [0.29, 0.717) is 12.6 Å². The van der Waals surface area contributed by atoms with Crippen molar-refractivity contribution < 1.29 is 0 Å². The summed E-state index contributed by atoms with van der Waals surface area (Å²) in [6, 6.07) is 6.63. The van der Waals surface area contributed by atoms with Crippen LogP contribution >= 0.6 is 15.9 Å². The number of rotatable bonds is 3. The molecule has 2 N–H and O–H groups in total. The van der Waals surface area contributed by atoms with Crippen LogP contribution in [0.4, 0.5) is 0 Å². The summed E-state index contributed by atoms with van der Waals surface area (Å²) < 4.78 is 1.12. The van der Waals surface area contributed by atoms with E-state index >= 15 is 0 Å². The molecule has 3 heteroatoms. The summed E-state index contributed by atoms with van der Waals surface area (Å²) in [7, 11) is 4.11. The molecule has 14 heavy (non-hydrogen) atoms. The Labute approximate surface area is 94.2 Å². The van der Waals surface area contributed by atoms with Crippen LogP contribution in [-0.4, -0.2) is 25.5 Å². The molecule has 0 saturated carbocycles. The van der Waals surface area contributed by atoms with Crippen LogP contribution in [0.1, 0.15) is 17.2 Å². The van der Waals surface area contributed by atoms with Crippen LogP contribution in [0.3, 0.4) is 0 Å². The largest absolute Gasteiger partial charge is 0.329 e. The minimum atomic E-state index is 0.308. The highest BCUT2D eigenvalue weighted by molar-refractivity contribution is 9.10. The van der Waals surface area contributed by atoms with Crippen LogP contribution in [-0.2, 0) is 0 Å². The lowest BCUT2D eigenvalue weighted by atomic mass is 10.0. The first-order chi connectivity index (χ1) is 6.56. The Balaban J connectivity index is 3.04. The number of benzene rings is 1. The molecule has 1 aromatic carbocycles. The molecule has 0 aromatic heterocycles. The fraction of sp³-hybridized carbons (Fsp3) is 0.455. The number of nitrogens with two attached hydrogens (primary N) is 1. The van der Waals surface area contributed by atoms with Crippen LogP contribution in [0.2, 0.25) is 0 Å². The molecular formula is C11H17BrN2. The van der Waals surface area contributed by atoms with Gasteiger partial charge in [-0.05, 0) is 44.3 Å². The predicted molar refractivity (Wildman–Crippen MR) is 64.4 cm³/mol. The Morgan fingerprint density at radius 1 is 1.43 bits per heavy atom. The zero-order valence-electron chi connectivity index (χ0n) is 8.92. The molecule has 2 nitrogen and oxygen atoms in total. The van der Waals surface area contributed by atoms with Gasteiger partial charge in [-0.15, -0.1) is 0 Å². The lowest BCUT2D eigenvalue weighted by Crippen LogP contribution is -2.27. The highest BCUT2D eigenvalue weighted by atomic mass is 79.9. The van der Waals surface area contributed by atoms with Gasteiger partial charge in [-0.3, -0.25) is 0 Å². The fourth-order valence-electron chi connectivity index (χ4n) is 1.63. The molecule has 0 heterocycles. The van der Waals surface area contributed by atoms with E-state index in [4.69, 9.17) is 5.73 Å². The Kier molecular flexibility index (Phi) is 4.11. The first-order valence-electron chi connectivity index (χ1n) is 4.68. The topological polar surface area (TPSA) is 29.3 Å². The Bertz CT molecular complexity index is 310. The molecule has 0 amide bonds. The van der Waals surface area contributed by atoms with Gasteiger partial charge >= 0.3 is 0 Å². The Morgan fingerprint density at radius 2 is 2.07 bits per heavy atom. The molecule has 0 radical (unpaired) electrons. The van der Waals surface area contributed by atoms with Crippen LogP contribution in [0.5, 0.6) is 0 Å². The lowest BCUT2D eigenvalue weighted by molar-refractivity contribution is 0.305. The number of hydrogen-bond acceptors (Lipinski definition) is 2. The molecule has 0 spiro atoms. The number of aryl methyl sites for hydroxylation is 1. The maximum absolute atomic E-state index is 5.76. The standard InChI is InChI=1S/C11H17BrN2/c1-8-6-9(12)4-5-10(8)11(7-13)14(2)3/h4-6,11H,7,13H2,1-3H3. The molecule has 0 fully saturated rings. The first-order valence-corrected chi connectivity index (χ1v) is 5.48. The van der Waals surface area contributed by atoms with Gasteiger partial charge < -0.3 is 10.6 Å². The van der Waals surface area contributed by atoms with Crippen molar-refractivity contribution in [1.82, 2.24) is 4.90 Å². The van der Waals surface area contributed by atoms with Crippen molar-refractivity contribution in [3.8, 4) is 0 Å². The van der Waals surface area contributed by atoms with Gasteiger partial charge in [-0.2, -0.15) is 0 Å². The van der Waals surface area contributed by atoms with Crippen molar-refractivity contribution in [2.45, 2.75) is 13.0 Å². The summed E-state index contributed by atoms with van der Waals surface area (Å²) in [6.45, 7) is 2.77. The van der Waals surface area contributed by atoms with Crippen LogP contribution in [0, 0.1) is 6.92 Å². The highest BCUT2D eigenvalue weighted by Crippen LogP contribution is 2.23. The minimum absolute atomic E-state index is 0.308. The molecule has 1 atom stereocenters. The summed E-state index contributed by atoms with van der Waals surface area (Å²) >= 11 is 3.46. The van der Waals surface area contributed by atoms with Gasteiger partial charge in [-0.25, -0.2) is 0 Å². The molecule has 1 unspecified atom stereocenters. The highest BCUT2D eigenvalue weighted by Gasteiger charge is 2.13. The van der Waals surface area contributed by atoms with E-state index in [9.17, 15) is 0 Å². The van der Waals surface area contributed by atoms with Crippen molar-refractivity contribution in [3.05, 3.63) is 33.8 Å². The maximum atomic E-state index is 5.76. The number of nitrogens with zero attached hydrogens (tertiary/aromatic N) is 1. The summed E-state index contributed by atoms with van der Waals surface area (Å²) in [4.78, 5) is 2.15. The number of likely N-dealkylation sites (N-methyl/N-ethyl adjacent to an activating group) is 1. The molecule has 78 valence electrons. The zero-order chi connectivity index (χ0) is 10.7. The van der Waals surface area contributed by atoms with Gasteiger partial charge in [0.1, 0.15) is 0 Å². The summed E-state index contributed by atoms with van der Waals surface area (Å²) in [5.41, 5.74) is 8.35. The van der Waals surface area contributed by atoms with Crippen molar-refractivity contribution >= 4 is 15.9 Å². The van der Waals surface area contributed by atoms with Crippen molar-refractivity contribution in [2.75, 3.05) is 20.6 Å². The SMILES string of the molecule is Cc1cc(Br)ccc1C(CN)N(C)C. The molecule has 0 aliphatic heterocycles. The normalized spacial score (nSPS) is 13.3. The van der Waals surface area contributed by atoms with Gasteiger partial charge in [-0.1, -0.05) is 22.0 Å². The fourth-order valence-corrected chi connectivity index (χ4v) is 2.10. The third-order valence-electron chi connectivity index (χ3n) is 2.44. The van der Waals surface area contributed by atoms with E-state index in [1.54, 1.807) is 0 Å². The number of halogens is 1. The molecule has 1 aromatic rings. The second-order valence-electron chi connectivity index (χ2n) is 3.72. The van der Waals surface area contributed by atoms with E-state index in [0.717, 1.165) is 4.47 Å². The van der Waals surface area contributed by atoms with Crippen LogP contribution in [0.25, 0.3) is 0 Å². The van der Waals surface area contributed by atoms with E-state index in [1.807, 2.05) is 0 Å². The predicted octanol–water partition coefficient (Wildman–Crippen LogP) is 2.32. The molecule has 0 saturated heterocycles. The molecule has 0 bridgehead atoms. The third kappa shape index (κ3) is 2.56. The van der Waals surface area contributed by atoms with Crippen molar-refractivity contribution in [3.63, 3.8) is 0 Å². The van der Waals surface area contributed by atoms with Gasteiger partial charge in [0.05, 0.1) is 0 Å². The minimum Gasteiger partial charge on any atom is -0.329 e. The Morgan fingerprint density at radius 3 is 2.50 bits per heavy atom. The average molecular weight is 257 g/mol. The van der Waals surface area contributed by atoms with Gasteiger partial charge in [0, 0.05) is 17.1 Å². The summed E-state index contributed by atoms with van der Waals surface area (Å²) in [5, 5.41) is 0. The summed E-state index contributed by atoms with van der Waals surface area (Å²) in [5.74, 6) is 0. The van der Waals surface area contributed by atoms with Crippen molar-refractivity contribution in [1.29, 1.82) is 0 Å². The monoisotopic (exact) mass is 256 g/mol. The van der Waals surface area contributed by atoms with Gasteiger partial charge in [0.25, 0.3) is 0 Å². The van der Waals surface area contributed by atoms with Crippen LogP contribution < -0.4 is 5.73 Å². The third-order valence-corrected chi connectivity index (χ3v) is 2.93. The van der Waals surface area contributed by atoms with E-state index < -0.39 is 0 Å². The molecule has 0 aliphatic rings. The quantitative estimate of drug-likeness (QED) is 0.900. The first kappa shape index (κ1) is 11.7. The maximum Gasteiger partial charge on any atom is 0.0467 e. The summed E-state index contributed by atoms with van der Waals surface area (Å²) in [6.07, 6.45) is 0.